The minimum atomic E-state index is -4.37. The predicted octanol–water partition coefficient (Wildman–Crippen LogP) is 2.73. The molecule has 1 saturated carbocycles. The Hall–Kier alpha value is -1.96. The highest BCUT2D eigenvalue weighted by Gasteiger charge is 2.28. The number of aliphatic hydroxyl groups excluding tert-OH is 1. The molecule has 2 unspecified atom stereocenters. The van der Waals surface area contributed by atoms with Crippen LogP contribution in [-0.2, 0) is 6.54 Å². The number of carbonyl (C=O) groups excluding carboxylic acids is 1. The number of hydrogen-bond donors (Lipinski definition) is 3. The zero-order valence-electron chi connectivity index (χ0n) is 13.1. The zero-order chi connectivity index (χ0) is 17.6. The van der Waals surface area contributed by atoms with Gasteiger partial charge in [-0.3, -0.25) is 0 Å². The number of rotatable bonds is 5. The number of urea groups is 1. The van der Waals surface area contributed by atoms with E-state index in [0.29, 0.717) is 6.42 Å². The molecule has 1 fully saturated rings. The van der Waals surface area contributed by atoms with Crippen LogP contribution in [0.1, 0.15) is 31.2 Å². The van der Waals surface area contributed by atoms with E-state index < -0.39 is 18.9 Å². The fourth-order valence-corrected chi connectivity index (χ4v) is 2.55. The van der Waals surface area contributed by atoms with Crippen LogP contribution in [0.2, 0.25) is 0 Å². The van der Waals surface area contributed by atoms with Crippen molar-refractivity contribution in [1.82, 2.24) is 10.6 Å². The van der Waals surface area contributed by atoms with E-state index in [2.05, 4.69) is 15.4 Å². The van der Waals surface area contributed by atoms with Gasteiger partial charge in [-0.2, -0.15) is 13.2 Å². The van der Waals surface area contributed by atoms with Crippen LogP contribution in [0.4, 0.5) is 18.0 Å². The molecule has 0 heterocycles. The summed E-state index contributed by atoms with van der Waals surface area (Å²) in [5.41, 5.74) is 0.730. The van der Waals surface area contributed by atoms with E-state index >= 15 is 0 Å². The summed E-state index contributed by atoms with van der Waals surface area (Å²) in [4.78, 5) is 11.8. The van der Waals surface area contributed by atoms with Gasteiger partial charge in [-0.1, -0.05) is 25.0 Å². The van der Waals surface area contributed by atoms with Crippen molar-refractivity contribution >= 4 is 6.03 Å². The van der Waals surface area contributed by atoms with E-state index in [0.717, 1.165) is 24.8 Å². The van der Waals surface area contributed by atoms with Crippen molar-refractivity contribution in [2.24, 2.45) is 0 Å². The number of alkyl halides is 3. The van der Waals surface area contributed by atoms with Crippen LogP contribution in [0.15, 0.2) is 24.3 Å². The summed E-state index contributed by atoms with van der Waals surface area (Å²) in [5.74, 6) is 0.117. The van der Waals surface area contributed by atoms with Gasteiger partial charge in [0.25, 0.3) is 0 Å². The Bertz CT molecular complexity index is 534. The Kier molecular flexibility index (Phi) is 6.30. The van der Waals surface area contributed by atoms with Crippen LogP contribution >= 0.6 is 0 Å². The van der Waals surface area contributed by atoms with Gasteiger partial charge < -0.3 is 20.5 Å². The van der Waals surface area contributed by atoms with Gasteiger partial charge in [0.1, 0.15) is 5.75 Å². The van der Waals surface area contributed by atoms with E-state index in [4.69, 9.17) is 0 Å². The van der Waals surface area contributed by atoms with Gasteiger partial charge in [-0.15, -0.1) is 0 Å². The summed E-state index contributed by atoms with van der Waals surface area (Å²) < 4.78 is 40.8. The van der Waals surface area contributed by atoms with Crippen LogP contribution in [0.25, 0.3) is 0 Å². The second kappa shape index (κ2) is 8.23. The Morgan fingerprint density at radius 1 is 1.21 bits per heavy atom. The van der Waals surface area contributed by atoms with E-state index in [9.17, 15) is 23.1 Å². The molecule has 0 aliphatic heterocycles. The fourth-order valence-electron chi connectivity index (χ4n) is 2.55. The molecule has 5 nitrogen and oxygen atoms in total. The van der Waals surface area contributed by atoms with Gasteiger partial charge in [-0.05, 0) is 30.5 Å². The summed E-state index contributed by atoms with van der Waals surface area (Å²) in [6, 6.07) is 5.40. The number of hydrogen-bond acceptors (Lipinski definition) is 3. The lowest BCUT2D eigenvalue weighted by Gasteiger charge is -2.28. The van der Waals surface area contributed by atoms with Gasteiger partial charge in [0, 0.05) is 6.54 Å². The first-order chi connectivity index (χ1) is 11.3. The first-order valence-electron chi connectivity index (χ1n) is 7.84. The number of halogens is 3. The maximum absolute atomic E-state index is 12.1. The van der Waals surface area contributed by atoms with Gasteiger partial charge in [0.15, 0.2) is 6.61 Å². The van der Waals surface area contributed by atoms with Crippen LogP contribution in [-0.4, -0.2) is 36.1 Å². The molecule has 2 rings (SSSR count). The summed E-state index contributed by atoms with van der Waals surface area (Å²) in [5, 5.41) is 15.2. The van der Waals surface area contributed by atoms with E-state index in [-0.39, 0.29) is 24.4 Å². The smallest absolute Gasteiger partial charge is 0.422 e. The van der Waals surface area contributed by atoms with Crippen molar-refractivity contribution in [3.8, 4) is 5.75 Å². The van der Waals surface area contributed by atoms with Crippen LogP contribution in [0.3, 0.4) is 0 Å². The molecule has 8 heteroatoms. The number of amides is 2. The fraction of sp³-hybridized carbons (Fsp3) is 0.562. The molecule has 2 atom stereocenters. The molecule has 0 saturated heterocycles. The van der Waals surface area contributed by atoms with Crippen LogP contribution in [0.5, 0.6) is 5.75 Å². The zero-order valence-corrected chi connectivity index (χ0v) is 13.1. The second-order valence-electron chi connectivity index (χ2n) is 5.83. The van der Waals surface area contributed by atoms with Gasteiger partial charge in [-0.25, -0.2) is 4.79 Å². The number of ether oxygens (including phenoxy) is 1. The lowest BCUT2D eigenvalue weighted by atomic mass is 9.93. The molecular weight excluding hydrogens is 325 g/mol. The van der Waals surface area contributed by atoms with Crippen molar-refractivity contribution in [2.75, 3.05) is 6.61 Å². The third-order valence-electron chi connectivity index (χ3n) is 3.82. The lowest BCUT2D eigenvalue weighted by Crippen LogP contribution is -2.48. The van der Waals surface area contributed by atoms with Crippen molar-refractivity contribution in [3.05, 3.63) is 29.8 Å². The third-order valence-corrected chi connectivity index (χ3v) is 3.82. The monoisotopic (exact) mass is 346 g/mol. The van der Waals surface area contributed by atoms with Gasteiger partial charge in [0.05, 0.1) is 12.1 Å². The molecule has 1 aromatic carbocycles. The quantitative estimate of drug-likeness (QED) is 0.768. The molecular formula is C16H21F3N2O3. The third kappa shape index (κ3) is 6.27. The first-order valence-corrected chi connectivity index (χ1v) is 7.84. The SMILES string of the molecule is O=C(NCc1ccc(OCC(F)(F)F)cc1)NC1CCCCC1O. The van der Waals surface area contributed by atoms with Gasteiger partial charge in [0.2, 0.25) is 0 Å². The molecule has 0 aromatic heterocycles. The Balaban J connectivity index is 1.74. The van der Waals surface area contributed by atoms with Crippen molar-refractivity contribution in [2.45, 2.75) is 50.6 Å². The number of benzene rings is 1. The molecule has 24 heavy (non-hydrogen) atoms. The van der Waals surface area contributed by atoms with Crippen molar-refractivity contribution in [3.63, 3.8) is 0 Å². The molecule has 1 aliphatic rings. The topological polar surface area (TPSA) is 70.6 Å². The molecule has 0 radical (unpaired) electrons. The van der Waals surface area contributed by atoms with E-state index in [1.54, 1.807) is 12.1 Å². The second-order valence-corrected chi connectivity index (χ2v) is 5.83. The first kappa shape index (κ1) is 18.4. The number of nitrogens with one attached hydrogen (secondary N) is 2. The highest BCUT2D eigenvalue weighted by atomic mass is 19.4. The van der Waals surface area contributed by atoms with E-state index in [1.165, 1.54) is 12.1 Å². The van der Waals surface area contributed by atoms with Crippen molar-refractivity contribution < 1.29 is 27.8 Å². The summed E-state index contributed by atoms with van der Waals surface area (Å²) in [6.07, 6.45) is -1.52. The van der Waals surface area contributed by atoms with Crippen molar-refractivity contribution in [1.29, 1.82) is 0 Å². The number of carbonyl (C=O) groups is 1. The standard InChI is InChI=1S/C16H21F3N2O3/c17-16(18,19)10-24-12-7-5-11(6-8-12)9-20-15(23)21-13-3-1-2-4-14(13)22/h5-8,13-14,22H,1-4,9-10H2,(H2,20,21,23). The normalized spacial score (nSPS) is 21.2. The van der Waals surface area contributed by atoms with Gasteiger partial charge >= 0.3 is 12.2 Å². The Morgan fingerprint density at radius 3 is 2.50 bits per heavy atom. The molecule has 0 bridgehead atoms. The average Bonchev–Trinajstić information content (AvgIpc) is 2.53. The molecule has 0 spiro atoms. The maximum Gasteiger partial charge on any atom is 0.422 e. The molecule has 3 N–H and O–H groups in total. The van der Waals surface area contributed by atoms with Crippen LogP contribution < -0.4 is 15.4 Å². The molecule has 2 amide bonds. The molecule has 134 valence electrons. The summed E-state index contributed by atoms with van der Waals surface area (Å²) >= 11 is 0. The summed E-state index contributed by atoms with van der Waals surface area (Å²) in [7, 11) is 0. The predicted molar refractivity (Wildman–Crippen MR) is 81.6 cm³/mol. The lowest BCUT2D eigenvalue weighted by molar-refractivity contribution is -0.153. The summed E-state index contributed by atoms with van der Waals surface area (Å²) in [6.45, 7) is -1.11. The maximum atomic E-state index is 12.1. The minimum absolute atomic E-state index is 0.117. The van der Waals surface area contributed by atoms with Crippen LogP contribution in [0, 0.1) is 0 Å². The van der Waals surface area contributed by atoms with E-state index in [1.807, 2.05) is 0 Å². The molecule has 1 aliphatic carbocycles. The highest BCUT2D eigenvalue weighted by molar-refractivity contribution is 5.74. The number of aliphatic hydroxyl groups is 1. The Morgan fingerprint density at radius 2 is 1.88 bits per heavy atom. The average molecular weight is 346 g/mol. The largest absolute Gasteiger partial charge is 0.484 e. The Labute approximate surface area is 138 Å². The minimum Gasteiger partial charge on any atom is -0.484 e. The highest BCUT2D eigenvalue weighted by Crippen LogP contribution is 2.19. The molecule has 1 aromatic rings.